The summed E-state index contributed by atoms with van der Waals surface area (Å²) >= 11 is 5.74. The number of halogens is 1. The maximum atomic E-state index is 10.8. The second-order valence-corrected chi connectivity index (χ2v) is 4.40. The Hall–Kier alpha value is -2.36. The number of rotatable bonds is 5. The van der Waals surface area contributed by atoms with E-state index in [0.29, 0.717) is 17.9 Å². The highest BCUT2D eigenvalue weighted by molar-refractivity contribution is 6.32. The number of furan rings is 1. The molecule has 1 atom stereocenters. The van der Waals surface area contributed by atoms with Crippen molar-refractivity contribution in [2.75, 3.05) is 0 Å². The number of hydrogen-bond donors (Lipinski definition) is 1. The zero-order valence-corrected chi connectivity index (χ0v) is 11.0. The first kappa shape index (κ1) is 14.1. The summed E-state index contributed by atoms with van der Waals surface area (Å²) in [5, 5.41) is 23.0. The molecule has 6 nitrogen and oxygen atoms in total. The van der Waals surface area contributed by atoms with Crippen molar-refractivity contribution >= 4 is 17.3 Å². The summed E-state index contributed by atoms with van der Waals surface area (Å²) < 4.78 is 5.14. The van der Waals surface area contributed by atoms with Gasteiger partial charge in [-0.25, -0.2) is 0 Å². The average molecular weight is 292 g/mol. The van der Waals surface area contributed by atoms with Crippen molar-refractivity contribution in [2.45, 2.75) is 12.6 Å². The van der Waals surface area contributed by atoms with Crippen molar-refractivity contribution in [3.05, 3.63) is 63.1 Å². The number of hydrogen-bond acceptors (Lipinski definition) is 5. The van der Waals surface area contributed by atoms with Crippen molar-refractivity contribution in [3.8, 4) is 6.07 Å². The lowest BCUT2D eigenvalue weighted by molar-refractivity contribution is -0.384. The molecule has 0 spiro atoms. The van der Waals surface area contributed by atoms with Gasteiger partial charge in [0.05, 0.1) is 23.8 Å². The topological polar surface area (TPSA) is 92.1 Å². The van der Waals surface area contributed by atoms with Crippen molar-refractivity contribution in [1.82, 2.24) is 5.32 Å². The summed E-state index contributed by atoms with van der Waals surface area (Å²) in [5.41, 5.74) is 0.263. The third kappa shape index (κ3) is 3.15. The zero-order chi connectivity index (χ0) is 14.5. The van der Waals surface area contributed by atoms with Crippen LogP contribution in [0.2, 0.25) is 5.02 Å². The van der Waals surface area contributed by atoms with E-state index in [4.69, 9.17) is 21.3 Å². The molecule has 1 aromatic carbocycles. The van der Waals surface area contributed by atoms with Gasteiger partial charge in [0, 0.05) is 6.07 Å². The minimum atomic E-state index is -0.684. The van der Waals surface area contributed by atoms with E-state index < -0.39 is 11.0 Å². The highest BCUT2D eigenvalue weighted by atomic mass is 35.5. The lowest BCUT2D eigenvalue weighted by Crippen LogP contribution is -2.19. The molecule has 7 heteroatoms. The molecule has 0 saturated heterocycles. The van der Waals surface area contributed by atoms with Gasteiger partial charge in [0.25, 0.3) is 5.69 Å². The van der Waals surface area contributed by atoms with Crippen LogP contribution in [-0.4, -0.2) is 4.92 Å². The van der Waals surface area contributed by atoms with E-state index in [9.17, 15) is 10.1 Å². The fourth-order valence-electron chi connectivity index (χ4n) is 1.70. The predicted molar refractivity (Wildman–Crippen MR) is 72.0 cm³/mol. The maximum Gasteiger partial charge on any atom is 0.288 e. The fourth-order valence-corrected chi connectivity index (χ4v) is 1.89. The molecular formula is C13H10ClN3O3. The van der Waals surface area contributed by atoms with Gasteiger partial charge in [-0.05, 0) is 23.8 Å². The summed E-state index contributed by atoms with van der Waals surface area (Å²) in [6.45, 7) is 0.349. The first-order chi connectivity index (χ1) is 9.61. The smallest absolute Gasteiger partial charge is 0.288 e. The number of nitro benzene ring substituents is 1. The molecule has 2 aromatic rings. The monoisotopic (exact) mass is 291 g/mol. The Morgan fingerprint density at radius 1 is 1.50 bits per heavy atom. The first-order valence-electron chi connectivity index (χ1n) is 5.71. The lowest BCUT2D eigenvalue weighted by atomic mass is 10.1. The number of nitriles is 1. The standard InChI is InChI=1S/C13H10ClN3O3/c14-11-4-3-9(6-13(11)17(18)19)12(7-15)16-8-10-2-1-5-20-10/h1-6,12,16H,8H2. The highest BCUT2D eigenvalue weighted by Crippen LogP contribution is 2.27. The van der Waals surface area contributed by atoms with Gasteiger partial charge in [-0.15, -0.1) is 0 Å². The van der Waals surface area contributed by atoms with Crippen molar-refractivity contribution < 1.29 is 9.34 Å². The number of nitrogens with zero attached hydrogens (tertiary/aromatic N) is 2. The summed E-state index contributed by atoms with van der Waals surface area (Å²) in [6, 6.07) is 9.16. The molecule has 0 aliphatic heterocycles. The molecule has 0 amide bonds. The Kier molecular flexibility index (Phi) is 4.35. The molecule has 0 aliphatic carbocycles. The number of nitrogens with one attached hydrogen (secondary N) is 1. The molecule has 1 N–H and O–H groups in total. The molecule has 0 aliphatic rings. The van der Waals surface area contributed by atoms with Gasteiger partial charge in [-0.3, -0.25) is 15.4 Å². The Morgan fingerprint density at radius 3 is 2.90 bits per heavy atom. The second kappa shape index (κ2) is 6.19. The second-order valence-electron chi connectivity index (χ2n) is 3.99. The summed E-state index contributed by atoms with van der Waals surface area (Å²) in [4.78, 5) is 10.3. The molecule has 2 rings (SSSR count). The van der Waals surface area contributed by atoms with Gasteiger partial charge in [-0.2, -0.15) is 5.26 Å². The van der Waals surface area contributed by atoms with Crippen LogP contribution >= 0.6 is 11.6 Å². The first-order valence-corrected chi connectivity index (χ1v) is 6.09. The summed E-state index contributed by atoms with van der Waals surface area (Å²) in [5.74, 6) is 0.675. The quantitative estimate of drug-likeness (QED) is 0.674. The van der Waals surface area contributed by atoms with Crippen LogP contribution in [0.5, 0.6) is 0 Å². The number of nitro groups is 1. The van der Waals surface area contributed by atoms with E-state index in [1.807, 2.05) is 6.07 Å². The minimum absolute atomic E-state index is 0.0430. The predicted octanol–water partition coefficient (Wildman–Crippen LogP) is 3.20. The third-order valence-corrected chi connectivity index (χ3v) is 3.01. The van der Waals surface area contributed by atoms with Crippen LogP contribution in [0.3, 0.4) is 0 Å². The Balaban J connectivity index is 2.17. The minimum Gasteiger partial charge on any atom is -0.468 e. The lowest BCUT2D eigenvalue weighted by Gasteiger charge is -2.11. The van der Waals surface area contributed by atoms with Crippen LogP contribution in [0, 0.1) is 21.4 Å². The zero-order valence-electron chi connectivity index (χ0n) is 10.2. The van der Waals surface area contributed by atoms with Gasteiger partial charge < -0.3 is 4.42 Å². The SMILES string of the molecule is N#CC(NCc1ccco1)c1ccc(Cl)c([N+](=O)[O-])c1. The molecule has 1 aromatic heterocycles. The van der Waals surface area contributed by atoms with E-state index in [1.165, 1.54) is 18.4 Å². The molecule has 0 fully saturated rings. The van der Waals surface area contributed by atoms with E-state index in [0.717, 1.165) is 0 Å². The van der Waals surface area contributed by atoms with Crippen molar-refractivity contribution in [2.24, 2.45) is 0 Å². The van der Waals surface area contributed by atoms with Gasteiger partial charge in [0.1, 0.15) is 16.8 Å². The van der Waals surface area contributed by atoms with E-state index in [1.54, 1.807) is 18.2 Å². The van der Waals surface area contributed by atoms with Crippen molar-refractivity contribution in [1.29, 1.82) is 5.26 Å². The maximum absolute atomic E-state index is 10.8. The summed E-state index contributed by atoms with van der Waals surface area (Å²) in [6.07, 6.45) is 1.53. The molecular weight excluding hydrogens is 282 g/mol. The molecule has 102 valence electrons. The van der Waals surface area contributed by atoms with Crippen LogP contribution in [0.25, 0.3) is 0 Å². The van der Waals surface area contributed by atoms with E-state index in [2.05, 4.69) is 5.32 Å². The van der Waals surface area contributed by atoms with Crippen LogP contribution < -0.4 is 5.32 Å². The van der Waals surface area contributed by atoms with Gasteiger partial charge in [0.15, 0.2) is 0 Å². The Labute approximate surface area is 119 Å². The molecule has 20 heavy (non-hydrogen) atoms. The normalized spacial score (nSPS) is 11.8. The molecule has 1 heterocycles. The van der Waals surface area contributed by atoms with Gasteiger partial charge >= 0.3 is 0 Å². The Morgan fingerprint density at radius 2 is 2.30 bits per heavy atom. The fraction of sp³-hybridized carbons (Fsp3) is 0.154. The highest BCUT2D eigenvalue weighted by Gasteiger charge is 2.17. The molecule has 1 unspecified atom stereocenters. The molecule has 0 radical (unpaired) electrons. The van der Waals surface area contributed by atoms with Gasteiger partial charge in [-0.1, -0.05) is 17.7 Å². The van der Waals surface area contributed by atoms with Crippen LogP contribution in [-0.2, 0) is 6.54 Å². The largest absolute Gasteiger partial charge is 0.468 e. The molecule has 0 bridgehead atoms. The van der Waals surface area contributed by atoms with Gasteiger partial charge in [0.2, 0.25) is 0 Å². The van der Waals surface area contributed by atoms with Crippen LogP contribution in [0.1, 0.15) is 17.4 Å². The molecule has 0 saturated carbocycles. The van der Waals surface area contributed by atoms with Crippen molar-refractivity contribution in [3.63, 3.8) is 0 Å². The third-order valence-electron chi connectivity index (χ3n) is 2.69. The van der Waals surface area contributed by atoms with E-state index in [-0.39, 0.29) is 10.7 Å². The summed E-state index contributed by atoms with van der Waals surface area (Å²) in [7, 11) is 0. The number of benzene rings is 1. The van der Waals surface area contributed by atoms with E-state index >= 15 is 0 Å². The van der Waals surface area contributed by atoms with Crippen LogP contribution in [0.4, 0.5) is 5.69 Å². The average Bonchev–Trinajstić information content (AvgIpc) is 2.94. The Bertz CT molecular complexity index is 649. The van der Waals surface area contributed by atoms with Crippen LogP contribution in [0.15, 0.2) is 41.0 Å².